The van der Waals surface area contributed by atoms with E-state index in [1.165, 1.54) is 18.2 Å². The Morgan fingerprint density at radius 1 is 0.966 bits per heavy atom. The van der Waals surface area contributed by atoms with Gasteiger partial charge in [-0.3, -0.25) is 4.79 Å². The van der Waals surface area contributed by atoms with Crippen molar-refractivity contribution < 1.29 is 33.3 Å². The molecule has 152 valence electrons. The van der Waals surface area contributed by atoms with Crippen LogP contribution < -0.4 is 14.8 Å². The van der Waals surface area contributed by atoms with Crippen LogP contribution in [0.2, 0.25) is 0 Å². The molecule has 1 N–H and O–H groups in total. The third-order valence-electron chi connectivity index (χ3n) is 4.02. The molecule has 0 bridgehead atoms. The number of hydrogen-bond donors (Lipinski definition) is 1. The number of fused-ring (bicyclic) bond motifs is 1. The summed E-state index contributed by atoms with van der Waals surface area (Å²) in [6, 6.07) is 11.2. The molecular formula is C21H21NO7. The Bertz CT molecular complexity index is 889. The average Bonchev–Trinajstić information content (AvgIpc) is 2.73. The lowest BCUT2D eigenvalue weighted by atomic mass is 10.1. The lowest BCUT2D eigenvalue weighted by molar-refractivity contribution is -0.125. The van der Waals surface area contributed by atoms with Crippen LogP contribution in [0.15, 0.2) is 42.5 Å². The van der Waals surface area contributed by atoms with Crippen molar-refractivity contribution in [2.75, 3.05) is 25.1 Å². The molecule has 1 heterocycles. The molecule has 1 aliphatic heterocycles. The van der Waals surface area contributed by atoms with Crippen LogP contribution in [0.25, 0.3) is 0 Å². The summed E-state index contributed by atoms with van der Waals surface area (Å²) in [4.78, 5) is 36.9. The van der Waals surface area contributed by atoms with Gasteiger partial charge in [0.15, 0.2) is 11.5 Å². The molecule has 0 fully saturated rings. The lowest BCUT2D eigenvalue weighted by Gasteiger charge is -2.25. The highest BCUT2D eigenvalue weighted by Gasteiger charge is 2.28. The second kappa shape index (κ2) is 9.09. The van der Waals surface area contributed by atoms with Gasteiger partial charge in [0.05, 0.1) is 24.3 Å². The molecule has 0 unspecified atom stereocenters. The number of ether oxygens (including phenoxy) is 4. The molecule has 0 spiro atoms. The summed E-state index contributed by atoms with van der Waals surface area (Å²) < 4.78 is 21.2. The molecule has 1 aliphatic rings. The minimum absolute atomic E-state index is 0.0329. The largest absolute Gasteiger partial charge is 0.485 e. The fraction of sp³-hybridized carbons (Fsp3) is 0.286. The highest BCUT2D eigenvalue weighted by atomic mass is 16.6. The van der Waals surface area contributed by atoms with E-state index in [-0.39, 0.29) is 36.6 Å². The number of nitrogens with one attached hydrogen (secondary N) is 1. The van der Waals surface area contributed by atoms with Crippen LogP contribution in [0, 0.1) is 0 Å². The maximum absolute atomic E-state index is 12.6. The quantitative estimate of drug-likeness (QED) is 0.746. The van der Waals surface area contributed by atoms with E-state index < -0.39 is 23.9 Å². The Morgan fingerprint density at radius 2 is 1.55 bits per heavy atom. The maximum atomic E-state index is 12.6. The second-order valence-electron chi connectivity index (χ2n) is 6.09. The second-order valence-corrected chi connectivity index (χ2v) is 6.09. The number of benzene rings is 2. The normalized spacial score (nSPS) is 14.6. The highest BCUT2D eigenvalue weighted by Crippen LogP contribution is 2.31. The number of esters is 2. The van der Waals surface area contributed by atoms with Gasteiger partial charge >= 0.3 is 11.9 Å². The van der Waals surface area contributed by atoms with Crippen LogP contribution in [-0.2, 0) is 14.3 Å². The first-order valence-corrected chi connectivity index (χ1v) is 9.20. The Morgan fingerprint density at radius 3 is 2.14 bits per heavy atom. The first kappa shape index (κ1) is 20.2. The third kappa shape index (κ3) is 4.84. The predicted octanol–water partition coefficient (Wildman–Crippen LogP) is 2.82. The van der Waals surface area contributed by atoms with E-state index in [0.29, 0.717) is 11.5 Å². The van der Waals surface area contributed by atoms with Crippen LogP contribution in [-0.4, -0.2) is 43.8 Å². The first-order valence-electron chi connectivity index (χ1n) is 9.20. The van der Waals surface area contributed by atoms with Crippen LogP contribution in [0.3, 0.4) is 0 Å². The number of amides is 1. The van der Waals surface area contributed by atoms with Crippen LogP contribution in [0.1, 0.15) is 34.6 Å². The van der Waals surface area contributed by atoms with Crippen molar-refractivity contribution in [1.29, 1.82) is 0 Å². The van der Waals surface area contributed by atoms with Gasteiger partial charge in [0.2, 0.25) is 6.10 Å². The van der Waals surface area contributed by atoms with E-state index in [2.05, 4.69) is 5.32 Å². The molecule has 0 saturated heterocycles. The Balaban J connectivity index is 1.80. The monoisotopic (exact) mass is 399 g/mol. The molecule has 29 heavy (non-hydrogen) atoms. The van der Waals surface area contributed by atoms with Crippen molar-refractivity contribution in [3.63, 3.8) is 0 Å². The molecule has 2 aromatic rings. The van der Waals surface area contributed by atoms with Gasteiger partial charge in [-0.05, 0) is 44.2 Å². The van der Waals surface area contributed by atoms with E-state index in [1.54, 1.807) is 38.1 Å². The zero-order valence-electron chi connectivity index (χ0n) is 16.1. The summed E-state index contributed by atoms with van der Waals surface area (Å²) in [5.74, 6) is -0.673. The molecule has 2 aromatic carbocycles. The number of rotatable bonds is 6. The Labute approximate surface area is 167 Å². The molecule has 0 radical (unpaired) electrons. The minimum atomic E-state index is -0.887. The van der Waals surface area contributed by atoms with Crippen LogP contribution in [0.5, 0.6) is 11.5 Å². The number of anilines is 1. The van der Waals surface area contributed by atoms with E-state index in [4.69, 9.17) is 18.9 Å². The molecule has 1 amide bonds. The zero-order chi connectivity index (χ0) is 20.8. The van der Waals surface area contributed by atoms with Crippen LogP contribution >= 0.6 is 0 Å². The van der Waals surface area contributed by atoms with Crippen molar-refractivity contribution >= 4 is 23.5 Å². The third-order valence-corrected chi connectivity index (χ3v) is 4.02. The van der Waals surface area contributed by atoms with Gasteiger partial charge in [0, 0.05) is 5.69 Å². The van der Waals surface area contributed by atoms with E-state index in [0.717, 1.165) is 0 Å². The number of hydrogen-bond acceptors (Lipinski definition) is 7. The van der Waals surface area contributed by atoms with E-state index in [9.17, 15) is 14.4 Å². The van der Waals surface area contributed by atoms with Gasteiger partial charge in [-0.1, -0.05) is 12.1 Å². The lowest BCUT2D eigenvalue weighted by Crippen LogP contribution is -2.40. The van der Waals surface area contributed by atoms with Gasteiger partial charge in [-0.15, -0.1) is 0 Å². The summed E-state index contributed by atoms with van der Waals surface area (Å²) in [6.45, 7) is 3.74. The summed E-state index contributed by atoms with van der Waals surface area (Å²) in [7, 11) is 0. The molecule has 0 saturated carbocycles. The van der Waals surface area contributed by atoms with Crippen molar-refractivity contribution in [2.45, 2.75) is 20.0 Å². The SMILES string of the molecule is CCOC(=O)c1cc(NC(=O)[C@H]2COc3ccccc3O2)cc(C(=O)OCC)c1. The number of carbonyl (C=O) groups excluding carboxylic acids is 3. The van der Waals surface area contributed by atoms with Crippen molar-refractivity contribution in [1.82, 2.24) is 0 Å². The number of carbonyl (C=O) groups is 3. The molecule has 0 aromatic heterocycles. The van der Waals surface area contributed by atoms with Crippen LogP contribution in [0.4, 0.5) is 5.69 Å². The minimum Gasteiger partial charge on any atom is -0.485 e. The molecule has 8 heteroatoms. The topological polar surface area (TPSA) is 100 Å². The van der Waals surface area contributed by atoms with Crippen molar-refractivity contribution in [3.05, 3.63) is 53.6 Å². The Hall–Kier alpha value is -3.55. The van der Waals surface area contributed by atoms with Crippen molar-refractivity contribution in [3.8, 4) is 11.5 Å². The van der Waals surface area contributed by atoms with E-state index in [1.807, 2.05) is 0 Å². The average molecular weight is 399 g/mol. The van der Waals surface area contributed by atoms with Gasteiger partial charge in [0.25, 0.3) is 5.91 Å². The van der Waals surface area contributed by atoms with Gasteiger partial charge in [-0.25, -0.2) is 9.59 Å². The molecule has 0 aliphatic carbocycles. The Kier molecular flexibility index (Phi) is 6.33. The summed E-state index contributed by atoms with van der Waals surface area (Å²) >= 11 is 0. The zero-order valence-corrected chi connectivity index (χ0v) is 16.1. The molecular weight excluding hydrogens is 378 g/mol. The standard InChI is InChI=1S/C21H21NO7/c1-3-26-20(24)13-9-14(21(25)27-4-2)11-15(10-13)22-19(23)18-12-28-16-7-5-6-8-17(16)29-18/h5-11,18H,3-4,12H2,1-2H3,(H,22,23)/t18-/m1/s1. The summed E-state index contributed by atoms with van der Waals surface area (Å²) in [5, 5.41) is 2.66. The van der Waals surface area contributed by atoms with Gasteiger partial charge in [-0.2, -0.15) is 0 Å². The van der Waals surface area contributed by atoms with Gasteiger partial charge < -0.3 is 24.3 Å². The maximum Gasteiger partial charge on any atom is 0.338 e. The fourth-order valence-corrected chi connectivity index (χ4v) is 2.74. The molecule has 3 rings (SSSR count). The van der Waals surface area contributed by atoms with Gasteiger partial charge in [0.1, 0.15) is 6.61 Å². The van der Waals surface area contributed by atoms with Crippen molar-refractivity contribution in [2.24, 2.45) is 0 Å². The first-order chi connectivity index (χ1) is 14.0. The molecule has 8 nitrogen and oxygen atoms in total. The molecule has 1 atom stereocenters. The number of para-hydroxylation sites is 2. The predicted molar refractivity (Wildman–Crippen MR) is 103 cm³/mol. The summed E-state index contributed by atoms with van der Waals surface area (Å²) in [5.41, 5.74) is 0.490. The highest BCUT2D eigenvalue weighted by molar-refractivity contribution is 6.00. The summed E-state index contributed by atoms with van der Waals surface area (Å²) in [6.07, 6.45) is -0.887. The smallest absolute Gasteiger partial charge is 0.338 e. The fourth-order valence-electron chi connectivity index (χ4n) is 2.74. The van der Waals surface area contributed by atoms with E-state index >= 15 is 0 Å².